The quantitative estimate of drug-likeness (QED) is 0.143. The minimum Gasteiger partial charge on any atom is -0.599 e. The Bertz CT molecular complexity index is 1120. The minimum atomic E-state index is -1.68. The smallest absolute Gasteiger partial charge is 0.412 e. The van der Waals surface area contributed by atoms with Crippen LogP contribution in [0.5, 0.6) is 5.75 Å². The number of ether oxygens (including phenoxy) is 4. The molecule has 0 fully saturated rings. The molecule has 2 atom stereocenters. The van der Waals surface area contributed by atoms with Crippen molar-refractivity contribution in [2.75, 3.05) is 33.4 Å². The van der Waals surface area contributed by atoms with Gasteiger partial charge in [-0.15, -0.1) is 11.3 Å². The van der Waals surface area contributed by atoms with Crippen molar-refractivity contribution >= 4 is 34.2 Å². The first-order valence-corrected chi connectivity index (χ1v) is 12.4. The Labute approximate surface area is 218 Å². The third kappa shape index (κ3) is 9.28. The van der Waals surface area contributed by atoms with Gasteiger partial charge in [-0.05, 0) is 22.9 Å². The van der Waals surface area contributed by atoms with Crippen LogP contribution in [0.4, 0.5) is 4.79 Å². The van der Waals surface area contributed by atoms with Gasteiger partial charge in [-0.2, -0.15) is 0 Å². The molecule has 12 heteroatoms. The van der Waals surface area contributed by atoms with Crippen LogP contribution in [-0.4, -0.2) is 56.7 Å². The van der Waals surface area contributed by atoms with Gasteiger partial charge in [0.1, 0.15) is 25.1 Å². The third-order valence-electron chi connectivity index (χ3n) is 5.15. The van der Waals surface area contributed by atoms with Crippen molar-refractivity contribution in [2.24, 2.45) is 0 Å². The molecule has 11 nitrogen and oxygen atoms in total. The van der Waals surface area contributed by atoms with Crippen LogP contribution in [-0.2, 0) is 23.8 Å². The number of nitrogens with one attached hydrogen (secondary N) is 1. The fourth-order valence-electron chi connectivity index (χ4n) is 3.40. The lowest BCUT2D eigenvalue weighted by Gasteiger charge is -2.24. The van der Waals surface area contributed by atoms with E-state index >= 15 is 0 Å². The predicted octanol–water partition coefficient (Wildman–Crippen LogP) is 3.20. The van der Waals surface area contributed by atoms with Gasteiger partial charge >= 0.3 is 12.1 Å². The van der Waals surface area contributed by atoms with Crippen molar-refractivity contribution in [1.29, 1.82) is 0 Å². The summed E-state index contributed by atoms with van der Waals surface area (Å²) in [6.45, 7) is 0.852. The van der Waals surface area contributed by atoms with Gasteiger partial charge in [0.05, 0.1) is 6.61 Å². The van der Waals surface area contributed by atoms with Crippen LogP contribution < -0.4 is 10.1 Å². The zero-order valence-corrected chi connectivity index (χ0v) is 21.3. The molecule has 200 valence electrons. The van der Waals surface area contributed by atoms with E-state index in [9.17, 15) is 20.0 Å². The van der Waals surface area contributed by atoms with Crippen molar-refractivity contribution < 1.29 is 38.8 Å². The van der Waals surface area contributed by atoms with E-state index in [1.807, 2.05) is 60.0 Å². The number of benzene rings is 2. The SMILES string of the molecule is CC(OC(=O)COCCO[NH+]([O-])[O-])OC(=O)N(C)CC[C@H](Oc1cccc2ccccc12)c1cccs1. The molecule has 1 aromatic heterocycles. The second-order valence-corrected chi connectivity index (χ2v) is 8.88. The molecule has 0 saturated carbocycles. The Morgan fingerprint density at radius 1 is 1.03 bits per heavy atom. The van der Waals surface area contributed by atoms with E-state index in [-0.39, 0.29) is 19.3 Å². The highest BCUT2D eigenvalue weighted by atomic mass is 32.1. The van der Waals surface area contributed by atoms with Crippen LogP contribution in [0, 0.1) is 10.4 Å². The second kappa shape index (κ2) is 14.5. The van der Waals surface area contributed by atoms with Gasteiger partial charge in [0.15, 0.2) is 0 Å². The Balaban J connectivity index is 1.48. The summed E-state index contributed by atoms with van der Waals surface area (Å²) in [5, 5.41) is 22.6. The van der Waals surface area contributed by atoms with Crippen LogP contribution >= 0.6 is 11.3 Å². The molecule has 37 heavy (non-hydrogen) atoms. The van der Waals surface area contributed by atoms with Crippen LogP contribution in [0.25, 0.3) is 10.8 Å². The fraction of sp³-hybridized carbons (Fsp3) is 0.360. The molecule has 0 spiro atoms. The first-order chi connectivity index (χ1) is 17.8. The molecule has 1 amide bonds. The van der Waals surface area contributed by atoms with Gasteiger partial charge in [0.2, 0.25) is 6.29 Å². The van der Waals surface area contributed by atoms with Gasteiger partial charge in [0, 0.05) is 37.2 Å². The van der Waals surface area contributed by atoms with Gasteiger partial charge in [-0.25, -0.2) is 14.4 Å². The maximum atomic E-state index is 12.5. The van der Waals surface area contributed by atoms with Crippen molar-refractivity contribution in [3.05, 3.63) is 75.3 Å². The monoisotopic (exact) mass is 533 g/mol. The molecule has 1 N–H and O–H groups in total. The first-order valence-electron chi connectivity index (χ1n) is 11.5. The van der Waals surface area contributed by atoms with E-state index in [1.165, 1.54) is 11.8 Å². The first kappa shape index (κ1) is 28.3. The molecule has 2 aromatic carbocycles. The van der Waals surface area contributed by atoms with Crippen molar-refractivity contribution in [1.82, 2.24) is 4.90 Å². The Hall–Kier alpha value is -3.26. The topological polar surface area (TPSA) is 134 Å². The number of carbonyl (C=O) groups excluding carboxylic acids is 2. The van der Waals surface area contributed by atoms with Crippen LogP contribution in [0.2, 0.25) is 0 Å². The summed E-state index contributed by atoms with van der Waals surface area (Å²) >= 11 is 1.57. The molecule has 3 rings (SSSR count). The molecule has 0 saturated heterocycles. The lowest BCUT2D eigenvalue weighted by Crippen LogP contribution is -3.00. The van der Waals surface area contributed by atoms with E-state index in [0.29, 0.717) is 13.0 Å². The van der Waals surface area contributed by atoms with Crippen molar-refractivity contribution in [3.63, 3.8) is 0 Å². The van der Waals surface area contributed by atoms with Crippen molar-refractivity contribution in [3.8, 4) is 5.75 Å². The summed E-state index contributed by atoms with van der Waals surface area (Å²) in [5.74, 6) is -0.0201. The third-order valence-corrected chi connectivity index (χ3v) is 6.11. The molecule has 1 heterocycles. The maximum absolute atomic E-state index is 12.5. The molecule has 0 aliphatic rings. The molecular weight excluding hydrogens is 504 g/mol. The largest absolute Gasteiger partial charge is 0.599 e. The Morgan fingerprint density at radius 3 is 2.57 bits per heavy atom. The van der Waals surface area contributed by atoms with Gasteiger partial charge in [-0.3, -0.25) is 5.39 Å². The molecule has 0 aliphatic carbocycles. The minimum absolute atomic E-state index is 0.147. The number of thiophene rings is 1. The molecule has 1 unspecified atom stereocenters. The van der Waals surface area contributed by atoms with Gasteiger partial charge in [0.25, 0.3) is 0 Å². The predicted molar refractivity (Wildman–Crippen MR) is 135 cm³/mol. The average molecular weight is 534 g/mol. The van der Waals surface area contributed by atoms with Gasteiger partial charge < -0.3 is 34.3 Å². The number of carbonyl (C=O) groups is 2. The van der Waals surface area contributed by atoms with Gasteiger partial charge in [-0.1, -0.05) is 42.5 Å². The number of hydrogen-bond donors (Lipinski definition) is 1. The summed E-state index contributed by atoms with van der Waals surface area (Å²) in [4.78, 5) is 30.8. The summed E-state index contributed by atoms with van der Waals surface area (Å²) in [5.41, 5.74) is 0. The molecule has 0 bridgehead atoms. The van der Waals surface area contributed by atoms with E-state index in [4.69, 9.17) is 18.9 Å². The highest BCUT2D eigenvalue weighted by Gasteiger charge is 2.21. The molecular formula is C25H29N2O9S-. The number of amides is 1. The van der Waals surface area contributed by atoms with E-state index in [0.717, 1.165) is 21.4 Å². The van der Waals surface area contributed by atoms with Crippen LogP contribution in [0.1, 0.15) is 24.3 Å². The lowest BCUT2D eigenvalue weighted by molar-refractivity contribution is -1.01. The van der Waals surface area contributed by atoms with E-state index < -0.39 is 30.3 Å². The second-order valence-electron chi connectivity index (χ2n) is 7.90. The summed E-state index contributed by atoms with van der Waals surface area (Å²) in [6, 6.07) is 17.8. The zero-order chi connectivity index (χ0) is 26.6. The summed E-state index contributed by atoms with van der Waals surface area (Å²) in [6.07, 6.45) is -1.59. The number of rotatable bonds is 14. The maximum Gasteiger partial charge on any atom is 0.412 e. The van der Waals surface area contributed by atoms with Crippen LogP contribution in [0.15, 0.2) is 60.0 Å². The molecule has 0 aliphatic heterocycles. The number of hydrogen-bond acceptors (Lipinski definition) is 10. The number of quaternary nitrogens is 1. The normalized spacial score (nSPS) is 12.8. The standard InChI is InChI=1S/C25H29N2O9S/c1-18(34-24(28)17-32-14-15-33-27(30)31)35-25(29)26(2)13-12-22(23-11-6-16-37-23)36-21-10-5-8-19-7-3-4-9-20(19)21/h3-11,16,18,22,27H,12-15,17H2,1-2H3/q-1/t18?,22-/m0/s1. The Morgan fingerprint density at radius 2 is 1.81 bits per heavy atom. The van der Waals surface area contributed by atoms with E-state index in [1.54, 1.807) is 18.4 Å². The zero-order valence-electron chi connectivity index (χ0n) is 20.5. The Kier molecular flexibility index (Phi) is 11.1. The molecule has 0 radical (unpaired) electrons. The van der Waals surface area contributed by atoms with Crippen molar-refractivity contribution in [2.45, 2.75) is 25.7 Å². The summed E-state index contributed by atoms with van der Waals surface area (Å²) < 4.78 is 21.5. The summed E-state index contributed by atoms with van der Waals surface area (Å²) in [7, 11) is 1.58. The highest BCUT2D eigenvalue weighted by Crippen LogP contribution is 2.32. The fourth-order valence-corrected chi connectivity index (χ4v) is 4.19. The average Bonchev–Trinajstić information content (AvgIpc) is 3.40. The van der Waals surface area contributed by atoms with E-state index in [2.05, 4.69) is 4.84 Å². The lowest BCUT2D eigenvalue weighted by atomic mass is 10.1. The number of esters is 1. The van der Waals surface area contributed by atoms with Crippen LogP contribution in [0.3, 0.4) is 0 Å². The highest BCUT2D eigenvalue weighted by molar-refractivity contribution is 7.10. The molecule has 3 aromatic rings. The number of nitrogens with zero attached hydrogens (tertiary/aromatic N) is 1. The number of fused-ring (bicyclic) bond motifs is 1.